The van der Waals surface area contributed by atoms with Crippen molar-refractivity contribution in [3.05, 3.63) is 11.0 Å². The first-order chi connectivity index (χ1) is 7.95. The summed E-state index contributed by atoms with van der Waals surface area (Å²) in [6.07, 6.45) is 0. The molecule has 0 aromatic carbocycles. The van der Waals surface area contributed by atoms with E-state index < -0.39 is 0 Å². The maximum absolute atomic E-state index is 5.91. The molecule has 0 aliphatic carbocycles. The van der Waals surface area contributed by atoms with Gasteiger partial charge < -0.3 is 15.8 Å². The van der Waals surface area contributed by atoms with E-state index in [1.165, 1.54) is 0 Å². The van der Waals surface area contributed by atoms with Crippen LogP contribution in [0.4, 0.5) is 11.5 Å². The van der Waals surface area contributed by atoms with Crippen LogP contribution in [0.15, 0.2) is 0 Å². The van der Waals surface area contributed by atoms with Crippen LogP contribution in [-0.2, 0) is 4.74 Å². The Morgan fingerprint density at radius 3 is 2.59 bits per heavy atom. The maximum Gasteiger partial charge on any atom is 0.224 e. The van der Waals surface area contributed by atoms with Gasteiger partial charge in [0.05, 0.1) is 24.0 Å². The first kappa shape index (κ1) is 14.0. The van der Waals surface area contributed by atoms with Gasteiger partial charge >= 0.3 is 0 Å². The minimum Gasteiger partial charge on any atom is -0.394 e. The molecule has 0 radical (unpaired) electrons. The number of ether oxygens (including phenoxy) is 1. The third-order valence-corrected chi connectivity index (χ3v) is 2.75. The first-order valence-corrected chi connectivity index (χ1v) is 5.88. The first-order valence-electron chi connectivity index (χ1n) is 5.50. The smallest absolute Gasteiger partial charge is 0.224 e. The minimum absolute atomic E-state index is 0.132. The van der Waals surface area contributed by atoms with Crippen LogP contribution in [0.5, 0.6) is 0 Å². The van der Waals surface area contributed by atoms with Crippen molar-refractivity contribution in [2.45, 2.75) is 26.8 Å². The Kier molecular flexibility index (Phi) is 4.96. The summed E-state index contributed by atoms with van der Waals surface area (Å²) in [4.78, 5) is 8.09. The zero-order valence-corrected chi connectivity index (χ0v) is 11.4. The number of nitrogens with one attached hydrogen (secondary N) is 1. The Morgan fingerprint density at radius 2 is 2.06 bits per heavy atom. The van der Waals surface area contributed by atoms with Gasteiger partial charge in [0.25, 0.3) is 0 Å². The van der Waals surface area contributed by atoms with E-state index in [-0.39, 0.29) is 11.3 Å². The number of nitrogens with two attached hydrogens (primary N) is 1. The van der Waals surface area contributed by atoms with Crippen molar-refractivity contribution < 1.29 is 4.74 Å². The molecule has 0 spiro atoms. The van der Waals surface area contributed by atoms with Gasteiger partial charge in [-0.2, -0.15) is 4.98 Å². The molecule has 0 saturated carbocycles. The summed E-state index contributed by atoms with van der Waals surface area (Å²) in [6, 6.07) is 0.132. The van der Waals surface area contributed by atoms with Crippen molar-refractivity contribution in [3.63, 3.8) is 0 Å². The molecule has 5 nitrogen and oxygen atoms in total. The highest BCUT2D eigenvalue weighted by Gasteiger charge is 2.16. The lowest BCUT2D eigenvalue weighted by molar-refractivity contribution is 0.171. The molecule has 0 fully saturated rings. The molecule has 0 bridgehead atoms. The second kappa shape index (κ2) is 6.02. The molecule has 96 valence electrons. The highest BCUT2D eigenvalue weighted by atomic mass is 35.5. The number of rotatable bonds is 5. The number of hydrogen-bond donors (Lipinski definition) is 2. The molecule has 1 rings (SSSR count). The average Bonchev–Trinajstić information content (AvgIpc) is 2.24. The van der Waals surface area contributed by atoms with E-state index >= 15 is 0 Å². The maximum atomic E-state index is 5.91. The molecule has 17 heavy (non-hydrogen) atoms. The summed E-state index contributed by atoms with van der Waals surface area (Å²) >= 11 is 5.81. The fourth-order valence-corrected chi connectivity index (χ4v) is 1.62. The largest absolute Gasteiger partial charge is 0.394 e. The molecule has 0 aliphatic heterocycles. The molecule has 0 amide bonds. The van der Waals surface area contributed by atoms with Crippen LogP contribution in [-0.4, -0.2) is 29.7 Å². The van der Waals surface area contributed by atoms with Gasteiger partial charge in [-0.15, -0.1) is 0 Å². The van der Waals surface area contributed by atoms with Crippen LogP contribution >= 0.6 is 11.6 Å². The quantitative estimate of drug-likeness (QED) is 0.792. The van der Waals surface area contributed by atoms with Gasteiger partial charge in [0.15, 0.2) is 5.82 Å². The zero-order valence-electron chi connectivity index (χ0n) is 10.6. The highest BCUT2D eigenvalue weighted by Crippen LogP contribution is 2.22. The molecule has 1 aromatic rings. The molecule has 1 aromatic heterocycles. The number of aromatic nitrogens is 2. The van der Waals surface area contributed by atoms with Crippen molar-refractivity contribution in [3.8, 4) is 0 Å². The van der Waals surface area contributed by atoms with Crippen molar-refractivity contribution in [1.29, 1.82) is 0 Å². The van der Waals surface area contributed by atoms with Crippen LogP contribution in [0.3, 0.4) is 0 Å². The van der Waals surface area contributed by atoms with Gasteiger partial charge in [-0.3, -0.25) is 0 Å². The second-order valence-electron chi connectivity index (χ2n) is 4.29. The number of nitrogen functional groups attached to an aromatic ring is 1. The van der Waals surface area contributed by atoms with Crippen molar-refractivity contribution in [2.24, 2.45) is 5.92 Å². The van der Waals surface area contributed by atoms with Crippen molar-refractivity contribution in [1.82, 2.24) is 9.97 Å². The fraction of sp³-hybridized carbons (Fsp3) is 0.636. The molecule has 0 aliphatic rings. The Bertz CT molecular complexity index is 384. The van der Waals surface area contributed by atoms with Crippen molar-refractivity contribution >= 4 is 23.1 Å². The zero-order chi connectivity index (χ0) is 13.0. The monoisotopic (exact) mass is 258 g/mol. The van der Waals surface area contributed by atoms with Crippen molar-refractivity contribution in [2.75, 3.05) is 24.8 Å². The van der Waals surface area contributed by atoms with E-state index in [0.29, 0.717) is 29.7 Å². The normalized spacial score (nSPS) is 12.8. The molecule has 1 unspecified atom stereocenters. The summed E-state index contributed by atoms with van der Waals surface area (Å²) in [5.74, 6) is 0.960. The summed E-state index contributed by atoms with van der Waals surface area (Å²) in [5, 5.41) is 3.44. The third kappa shape index (κ3) is 3.71. The van der Waals surface area contributed by atoms with E-state index in [2.05, 4.69) is 29.1 Å². The Morgan fingerprint density at radius 1 is 1.41 bits per heavy atom. The molecule has 1 heterocycles. The SMILES string of the molecule is COCC(Nc1nc(Cl)nc(C)c1N)C(C)C. The Labute approximate surface area is 107 Å². The number of nitrogens with zero attached hydrogens (tertiary/aromatic N) is 2. The van der Waals surface area contributed by atoms with E-state index in [0.717, 1.165) is 0 Å². The average molecular weight is 259 g/mol. The summed E-state index contributed by atoms with van der Waals surface area (Å²) < 4.78 is 5.16. The lowest BCUT2D eigenvalue weighted by Gasteiger charge is -2.23. The molecular formula is C11H19ClN4O. The summed E-state index contributed by atoms with van der Waals surface area (Å²) in [5.41, 5.74) is 7.11. The highest BCUT2D eigenvalue weighted by molar-refractivity contribution is 6.28. The predicted molar refractivity (Wildman–Crippen MR) is 70.3 cm³/mol. The molecule has 6 heteroatoms. The van der Waals surface area contributed by atoms with E-state index in [1.807, 2.05) is 0 Å². The van der Waals surface area contributed by atoms with Gasteiger partial charge in [-0.25, -0.2) is 4.98 Å². The minimum atomic E-state index is 0.132. The topological polar surface area (TPSA) is 73.1 Å². The number of methoxy groups -OCH3 is 1. The van der Waals surface area contributed by atoms with Crippen LogP contribution in [0.2, 0.25) is 5.28 Å². The van der Waals surface area contributed by atoms with Gasteiger partial charge in [0.2, 0.25) is 5.28 Å². The van der Waals surface area contributed by atoms with E-state index in [9.17, 15) is 0 Å². The number of anilines is 2. The van der Waals surface area contributed by atoms with Gasteiger partial charge in [0, 0.05) is 7.11 Å². The van der Waals surface area contributed by atoms with Crippen LogP contribution < -0.4 is 11.1 Å². The van der Waals surface area contributed by atoms with Crippen LogP contribution in [0, 0.1) is 12.8 Å². The Hall–Kier alpha value is -1.07. The van der Waals surface area contributed by atoms with Gasteiger partial charge in [-0.1, -0.05) is 13.8 Å². The lowest BCUT2D eigenvalue weighted by Crippen LogP contribution is -2.31. The fourth-order valence-electron chi connectivity index (χ4n) is 1.41. The van der Waals surface area contributed by atoms with Gasteiger partial charge in [0.1, 0.15) is 0 Å². The third-order valence-electron chi connectivity index (χ3n) is 2.58. The molecule has 3 N–H and O–H groups in total. The standard InChI is InChI=1S/C11H19ClN4O/c1-6(2)8(5-17-4)15-10-9(13)7(3)14-11(12)16-10/h6,8H,5,13H2,1-4H3,(H,14,15,16). The molecule has 1 atom stereocenters. The van der Waals surface area contributed by atoms with Gasteiger partial charge in [-0.05, 0) is 24.4 Å². The predicted octanol–water partition coefficient (Wildman–Crippen LogP) is 2.10. The number of aryl methyl sites for hydroxylation is 1. The summed E-state index contributed by atoms with van der Waals surface area (Å²) in [7, 11) is 1.67. The number of hydrogen-bond acceptors (Lipinski definition) is 5. The molecular weight excluding hydrogens is 240 g/mol. The number of halogens is 1. The summed E-state index contributed by atoms with van der Waals surface area (Å²) in [6.45, 7) is 6.58. The van der Waals surface area contributed by atoms with Crippen LogP contribution in [0.1, 0.15) is 19.5 Å². The lowest BCUT2D eigenvalue weighted by atomic mass is 10.1. The molecule has 0 saturated heterocycles. The van der Waals surface area contributed by atoms with E-state index in [1.54, 1.807) is 14.0 Å². The second-order valence-corrected chi connectivity index (χ2v) is 4.63. The van der Waals surface area contributed by atoms with Crippen LogP contribution in [0.25, 0.3) is 0 Å². The van der Waals surface area contributed by atoms with E-state index in [4.69, 9.17) is 22.1 Å². The Balaban J connectivity index is 2.92.